The Bertz CT molecular complexity index is 565. The van der Waals surface area contributed by atoms with E-state index < -0.39 is 0 Å². The first-order valence-corrected chi connectivity index (χ1v) is 6.92. The average Bonchev–Trinajstić information content (AvgIpc) is 2.47. The molecule has 0 aliphatic carbocycles. The maximum absolute atomic E-state index is 5.60. The fraction of sp³-hybridized carbons (Fsp3) is 0.294. The van der Waals surface area contributed by atoms with Gasteiger partial charge in [0.15, 0.2) is 0 Å². The standard InChI is InChI=1S/C17H19NO/c1-2-19-15-8-5-7-14(12-15)17-16-9-4-3-6-13(16)10-11-18-17/h3-9,12,17-18H,2,10-11H2,1H3. The fourth-order valence-electron chi connectivity index (χ4n) is 2.75. The molecule has 0 aromatic heterocycles. The second kappa shape index (κ2) is 5.45. The molecular formula is C17H19NO. The molecule has 0 saturated heterocycles. The van der Waals surface area contributed by atoms with Crippen molar-refractivity contribution in [3.05, 3.63) is 65.2 Å². The van der Waals surface area contributed by atoms with Crippen molar-refractivity contribution in [3.8, 4) is 5.75 Å². The largest absolute Gasteiger partial charge is 0.494 e. The first-order chi connectivity index (χ1) is 9.38. The highest BCUT2D eigenvalue weighted by Crippen LogP contribution is 2.30. The quantitative estimate of drug-likeness (QED) is 0.906. The molecular weight excluding hydrogens is 234 g/mol. The van der Waals surface area contributed by atoms with Gasteiger partial charge >= 0.3 is 0 Å². The zero-order valence-corrected chi connectivity index (χ0v) is 11.2. The third kappa shape index (κ3) is 2.49. The van der Waals surface area contributed by atoms with Crippen LogP contribution in [-0.2, 0) is 6.42 Å². The predicted octanol–water partition coefficient (Wildman–Crippen LogP) is 3.32. The highest BCUT2D eigenvalue weighted by Gasteiger charge is 2.20. The number of hydrogen-bond acceptors (Lipinski definition) is 2. The van der Waals surface area contributed by atoms with Crippen LogP contribution in [0.2, 0.25) is 0 Å². The third-order valence-electron chi connectivity index (χ3n) is 3.61. The van der Waals surface area contributed by atoms with Gasteiger partial charge in [-0.15, -0.1) is 0 Å². The number of ether oxygens (including phenoxy) is 1. The van der Waals surface area contributed by atoms with Crippen LogP contribution in [0.5, 0.6) is 5.75 Å². The van der Waals surface area contributed by atoms with Crippen LogP contribution >= 0.6 is 0 Å². The van der Waals surface area contributed by atoms with Crippen molar-refractivity contribution in [1.82, 2.24) is 5.32 Å². The Hall–Kier alpha value is -1.80. The summed E-state index contributed by atoms with van der Waals surface area (Å²) in [6, 6.07) is 17.4. The topological polar surface area (TPSA) is 21.3 Å². The summed E-state index contributed by atoms with van der Waals surface area (Å²) in [7, 11) is 0. The normalized spacial score (nSPS) is 17.8. The van der Waals surface area contributed by atoms with E-state index in [4.69, 9.17) is 4.74 Å². The summed E-state index contributed by atoms with van der Waals surface area (Å²) in [4.78, 5) is 0. The Kier molecular flexibility index (Phi) is 3.51. The zero-order chi connectivity index (χ0) is 13.1. The van der Waals surface area contributed by atoms with Crippen LogP contribution in [0.25, 0.3) is 0 Å². The summed E-state index contributed by atoms with van der Waals surface area (Å²) in [5.41, 5.74) is 4.12. The first-order valence-electron chi connectivity index (χ1n) is 6.92. The molecule has 2 heteroatoms. The summed E-state index contributed by atoms with van der Waals surface area (Å²) >= 11 is 0. The number of nitrogens with one attached hydrogen (secondary N) is 1. The maximum atomic E-state index is 5.60. The molecule has 98 valence electrons. The number of rotatable bonds is 3. The van der Waals surface area contributed by atoms with E-state index in [2.05, 4.69) is 47.8 Å². The first kappa shape index (κ1) is 12.2. The van der Waals surface area contributed by atoms with Gasteiger partial charge in [-0.3, -0.25) is 0 Å². The maximum Gasteiger partial charge on any atom is 0.119 e. The Labute approximate surface area is 114 Å². The van der Waals surface area contributed by atoms with E-state index in [9.17, 15) is 0 Å². The van der Waals surface area contributed by atoms with Crippen molar-refractivity contribution >= 4 is 0 Å². The number of fused-ring (bicyclic) bond motifs is 1. The molecule has 0 bridgehead atoms. The summed E-state index contributed by atoms with van der Waals surface area (Å²) in [5.74, 6) is 0.949. The van der Waals surface area contributed by atoms with E-state index >= 15 is 0 Å². The van der Waals surface area contributed by atoms with Gasteiger partial charge in [-0.05, 0) is 42.2 Å². The predicted molar refractivity (Wildman–Crippen MR) is 77.6 cm³/mol. The highest BCUT2D eigenvalue weighted by molar-refractivity contribution is 5.41. The molecule has 1 heterocycles. The molecule has 1 aliphatic rings. The van der Waals surface area contributed by atoms with Gasteiger partial charge in [-0.25, -0.2) is 0 Å². The van der Waals surface area contributed by atoms with E-state index in [-0.39, 0.29) is 6.04 Å². The molecule has 1 aliphatic heterocycles. The molecule has 2 aromatic carbocycles. The lowest BCUT2D eigenvalue weighted by molar-refractivity contribution is 0.339. The van der Waals surface area contributed by atoms with Crippen LogP contribution in [0, 0.1) is 0 Å². The minimum Gasteiger partial charge on any atom is -0.494 e. The average molecular weight is 253 g/mol. The van der Waals surface area contributed by atoms with Gasteiger partial charge in [0.25, 0.3) is 0 Å². The van der Waals surface area contributed by atoms with Crippen LogP contribution < -0.4 is 10.1 Å². The molecule has 3 rings (SSSR count). The molecule has 2 nitrogen and oxygen atoms in total. The molecule has 2 aromatic rings. The third-order valence-corrected chi connectivity index (χ3v) is 3.61. The second-order valence-corrected chi connectivity index (χ2v) is 4.84. The van der Waals surface area contributed by atoms with E-state index in [1.807, 2.05) is 13.0 Å². The molecule has 0 fully saturated rings. The summed E-state index contributed by atoms with van der Waals surface area (Å²) in [6.45, 7) is 3.75. The Morgan fingerprint density at radius 1 is 1.16 bits per heavy atom. The highest BCUT2D eigenvalue weighted by atomic mass is 16.5. The Morgan fingerprint density at radius 3 is 2.95 bits per heavy atom. The van der Waals surface area contributed by atoms with Gasteiger partial charge in [-0.2, -0.15) is 0 Å². The van der Waals surface area contributed by atoms with Crippen LogP contribution in [-0.4, -0.2) is 13.2 Å². The number of benzene rings is 2. The van der Waals surface area contributed by atoms with Gasteiger partial charge in [-0.1, -0.05) is 36.4 Å². The fourth-order valence-corrected chi connectivity index (χ4v) is 2.75. The zero-order valence-electron chi connectivity index (χ0n) is 11.2. The van der Waals surface area contributed by atoms with Crippen molar-refractivity contribution in [2.45, 2.75) is 19.4 Å². The second-order valence-electron chi connectivity index (χ2n) is 4.84. The summed E-state index contributed by atoms with van der Waals surface area (Å²) in [6.07, 6.45) is 1.11. The molecule has 19 heavy (non-hydrogen) atoms. The lowest BCUT2D eigenvalue weighted by Gasteiger charge is -2.27. The SMILES string of the molecule is CCOc1cccc(C2NCCc3ccccc32)c1. The van der Waals surface area contributed by atoms with Gasteiger partial charge in [0.05, 0.1) is 12.6 Å². The monoisotopic (exact) mass is 253 g/mol. The van der Waals surface area contributed by atoms with Crippen molar-refractivity contribution in [2.75, 3.05) is 13.2 Å². The Morgan fingerprint density at radius 2 is 2.05 bits per heavy atom. The molecule has 0 amide bonds. The van der Waals surface area contributed by atoms with E-state index in [0.717, 1.165) is 18.7 Å². The van der Waals surface area contributed by atoms with Crippen molar-refractivity contribution in [2.24, 2.45) is 0 Å². The summed E-state index contributed by atoms with van der Waals surface area (Å²) in [5, 5.41) is 3.61. The number of hydrogen-bond donors (Lipinski definition) is 1. The van der Waals surface area contributed by atoms with Crippen molar-refractivity contribution in [1.29, 1.82) is 0 Å². The minimum absolute atomic E-state index is 0.283. The van der Waals surface area contributed by atoms with E-state index in [0.29, 0.717) is 6.61 Å². The molecule has 0 radical (unpaired) electrons. The minimum atomic E-state index is 0.283. The van der Waals surface area contributed by atoms with E-state index in [1.165, 1.54) is 16.7 Å². The van der Waals surface area contributed by atoms with Crippen LogP contribution in [0.4, 0.5) is 0 Å². The molecule has 1 unspecified atom stereocenters. The van der Waals surface area contributed by atoms with Crippen LogP contribution in [0.3, 0.4) is 0 Å². The van der Waals surface area contributed by atoms with Crippen molar-refractivity contribution in [3.63, 3.8) is 0 Å². The van der Waals surface area contributed by atoms with Crippen LogP contribution in [0.1, 0.15) is 29.7 Å². The summed E-state index contributed by atoms with van der Waals surface area (Å²) < 4.78 is 5.60. The molecule has 0 saturated carbocycles. The smallest absolute Gasteiger partial charge is 0.119 e. The van der Waals surface area contributed by atoms with Gasteiger partial charge < -0.3 is 10.1 Å². The lowest BCUT2D eigenvalue weighted by Crippen LogP contribution is -2.30. The van der Waals surface area contributed by atoms with Gasteiger partial charge in [0.1, 0.15) is 5.75 Å². The Balaban J connectivity index is 1.97. The van der Waals surface area contributed by atoms with Crippen molar-refractivity contribution < 1.29 is 4.74 Å². The molecule has 1 atom stereocenters. The van der Waals surface area contributed by atoms with E-state index in [1.54, 1.807) is 0 Å². The molecule has 1 N–H and O–H groups in total. The van der Waals surface area contributed by atoms with Gasteiger partial charge in [0.2, 0.25) is 0 Å². The lowest BCUT2D eigenvalue weighted by atomic mass is 9.90. The van der Waals surface area contributed by atoms with Crippen LogP contribution in [0.15, 0.2) is 48.5 Å². The molecule has 0 spiro atoms. The van der Waals surface area contributed by atoms with Gasteiger partial charge in [0, 0.05) is 6.54 Å².